The molecule has 1 aliphatic rings. The van der Waals surface area contributed by atoms with E-state index < -0.39 is 0 Å². The maximum atomic E-state index is 12.2. The summed E-state index contributed by atoms with van der Waals surface area (Å²) in [7, 11) is 3.58. The minimum atomic E-state index is -0.356. The fourth-order valence-electron chi connectivity index (χ4n) is 2.83. The van der Waals surface area contributed by atoms with Crippen LogP contribution in [0.15, 0.2) is 9.59 Å². The van der Waals surface area contributed by atoms with Crippen LogP contribution in [-0.2, 0) is 13.6 Å². The first-order valence-electron chi connectivity index (χ1n) is 7.47. The van der Waals surface area contributed by atoms with Crippen molar-refractivity contribution in [3.05, 3.63) is 20.8 Å². The molecule has 1 aliphatic heterocycles. The lowest BCUT2D eigenvalue weighted by molar-refractivity contribution is 0.399. The third kappa shape index (κ3) is 3.12. The maximum Gasteiger partial charge on any atom is 0.332 e. The average molecular weight is 295 g/mol. The Hall–Kier alpha value is -1.76. The molecule has 1 unspecified atom stereocenters. The minimum absolute atomic E-state index is 0.247. The molecule has 0 spiro atoms. The lowest BCUT2D eigenvalue weighted by Crippen LogP contribution is -2.41. The Morgan fingerprint density at radius 3 is 2.62 bits per heavy atom. The van der Waals surface area contributed by atoms with Gasteiger partial charge in [-0.15, -0.1) is 0 Å². The van der Waals surface area contributed by atoms with E-state index in [1.54, 1.807) is 0 Å². The zero-order valence-corrected chi connectivity index (χ0v) is 13.1. The highest BCUT2D eigenvalue weighted by Gasteiger charge is 2.21. The fourth-order valence-corrected chi connectivity index (χ4v) is 2.83. The van der Waals surface area contributed by atoms with Crippen LogP contribution < -0.4 is 22.3 Å². The topological polar surface area (TPSA) is 85.3 Å². The Kier molecular flexibility index (Phi) is 4.72. The number of aromatic nitrogens is 2. The van der Waals surface area contributed by atoms with E-state index in [-0.39, 0.29) is 17.1 Å². The van der Waals surface area contributed by atoms with Gasteiger partial charge in [-0.2, -0.15) is 0 Å². The first-order chi connectivity index (χ1) is 9.95. The third-order valence-electron chi connectivity index (χ3n) is 4.09. The van der Waals surface area contributed by atoms with Crippen LogP contribution >= 0.6 is 0 Å². The van der Waals surface area contributed by atoms with Crippen molar-refractivity contribution in [1.82, 2.24) is 14.0 Å². The molecule has 2 rings (SSSR count). The SMILES string of the molecule is CCCn1c(N)c(NCC2CCN(C)C2)c(=O)n(C)c1=O. The number of anilines is 2. The van der Waals surface area contributed by atoms with Gasteiger partial charge in [0.05, 0.1) is 0 Å². The summed E-state index contributed by atoms with van der Waals surface area (Å²) >= 11 is 0. The van der Waals surface area contributed by atoms with Crippen LogP contribution in [0.3, 0.4) is 0 Å². The largest absolute Gasteiger partial charge is 0.383 e. The number of likely N-dealkylation sites (tertiary alicyclic amines) is 1. The zero-order valence-electron chi connectivity index (χ0n) is 13.1. The first kappa shape index (κ1) is 15.6. The lowest BCUT2D eigenvalue weighted by Gasteiger charge is -2.17. The fraction of sp³-hybridized carbons (Fsp3) is 0.714. The summed E-state index contributed by atoms with van der Waals surface area (Å²) in [5.41, 5.74) is 5.67. The van der Waals surface area contributed by atoms with E-state index in [4.69, 9.17) is 5.73 Å². The van der Waals surface area contributed by atoms with E-state index in [9.17, 15) is 9.59 Å². The highest BCUT2D eigenvalue weighted by Crippen LogP contribution is 2.17. The zero-order chi connectivity index (χ0) is 15.6. The van der Waals surface area contributed by atoms with Crippen molar-refractivity contribution in [2.24, 2.45) is 13.0 Å². The summed E-state index contributed by atoms with van der Waals surface area (Å²) in [6.07, 6.45) is 1.90. The van der Waals surface area contributed by atoms with Gasteiger partial charge in [-0.1, -0.05) is 6.92 Å². The molecule has 7 heteroatoms. The monoisotopic (exact) mass is 295 g/mol. The number of nitrogens with zero attached hydrogens (tertiary/aromatic N) is 3. The van der Waals surface area contributed by atoms with E-state index in [1.807, 2.05) is 6.92 Å². The Morgan fingerprint density at radius 2 is 2.05 bits per heavy atom. The molecule has 3 N–H and O–H groups in total. The van der Waals surface area contributed by atoms with Gasteiger partial charge in [0.2, 0.25) is 0 Å². The Bertz CT molecular complexity index is 619. The highest BCUT2D eigenvalue weighted by molar-refractivity contribution is 5.60. The van der Waals surface area contributed by atoms with Crippen LogP contribution in [0, 0.1) is 5.92 Å². The second-order valence-electron chi connectivity index (χ2n) is 5.86. The first-order valence-corrected chi connectivity index (χ1v) is 7.47. The molecule has 118 valence electrons. The van der Waals surface area contributed by atoms with Gasteiger partial charge >= 0.3 is 5.69 Å². The Balaban J connectivity index is 2.26. The number of hydrogen-bond donors (Lipinski definition) is 2. The molecule has 7 nitrogen and oxygen atoms in total. The molecule has 1 aromatic rings. The summed E-state index contributed by atoms with van der Waals surface area (Å²) in [5, 5.41) is 3.17. The molecule has 0 amide bonds. The molecule has 0 aromatic carbocycles. The summed E-state index contributed by atoms with van der Waals surface area (Å²) in [4.78, 5) is 26.6. The lowest BCUT2D eigenvalue weighted by atomic mass is 10.1. The third-order valence-corrected chi connectivity index (χ3v) is 4.09. The van der Waals surface area contributed by atoms with Gasteiger partial charge in [-0.25, -0.2) is 4.79 Å². The van der Waals surface area contributed by atoms with Crippen LogP contribution in [0.5, 0.6) is 0 Å². The predicted octanol–water partition coefficient (Wildman–Crippen LogP) is -0.0972. The van der Waals surface area contributed by atoms with Crippen molar-refractivity contribution in [3.63, 3.8) is 0 Å². The molecule has 0 bridgehead atoms. The van der Waals surface area contributed by atoms with Gasteiger partial charge in [0.15, 0.2) is 0 Å². The van der Waals surface area contributed by atoms with E-state index in [2.05, 4.69) is 17.3 Å². The molecule has 1 fully saturated rings. The number of rotatable bonds is 5. The summed E-state index contributed by atoms with van der Waals surface area (Å²) in [5.74, 6) is 0.752. The van der Waals surface area contributed by atoms with E-state index in [1.165, 1.54) is 11.6 Å². The van der Waals surface area contributed by atoms with Crippen LogP contribution in [-0.4, -0.2) is 40.7 Å². The number of nitrogens with two attached hydrogens (primary N) is 1. The molecule has 0 aliphatic carbocycles. The molecule has 0 saturated carbocycles. The summed E-state index contributed by atoms with van der Waals surface area (Å²) in [6, 6.07) is 0. The van der Waals surface area contributed by atoms with Gasteiger partial charge in [0, 0.05) is 26.7 Å². The standard InChI is InChI=1S/C14H25N5O2/c1-4-6-19-12(15)11(13(20)18(3)14(19)21)16-8-10-5-7-17(2)9-10/h10,16H,4-9,15H2,1-3H3. The van der Waals surface area contributed by atoms with Crippen molar-refractivity contribution in [2.75, 3.05) is 37.7 Å². The van der Waals surface area contributed by atoms with Crippen LogP contribution in [0.4, 0.5) is 11.5 Å². The number of hydrogen-bond acceptors (Lipinski definition) is 5. The molecule has 1 saturated heterocycles. The average Bonchev–Trinajstić information content (AvgIpc) is 2.87. The van der Waals surface area contributed by atoms with E-state index in [0.717, 1.165) is 30.5 Å². The van der Waals surface area contributed by atoms with Crippen LogP contribution in [0.2, 0.25) is 0 Å². The van der Waals surface area contributed by atoms with Crippen molar-refractivity contribution < 1.29 is 0 Å². The number of nitrogens with one attached hydrogen (secondary N) is 1. The molecule has 1 aromatic heterocycles. The van der Waals surface area contributed by atoms with Crippen molar-refractivity contribution in [2.45, 2.75) is 26.3 Å². The van der Waals surface area contributed by atoms with Gasteiger partial charge in [0.1, 0.15) is 11.5 Å². The molecular weight excluding hydrogens is 270 g/mol. The second kappa shape index (κ2) is 6.34. The van der Waals surface area contributed by atoms with Gasteiger partial charge < -0.3 is 16.0 Å². The predicted molar refractivity (Wildman–Crippen MR) is 84.7 cm³/mol. The normalized spacial score (nSPS) is 19.1. The van der Waals surface area contributed by atoms with Gasteiger partial charge in [0.25, 0.3) is 5.56 Å². The Morgan fingerprint density at radius 1 is 1.33 bits per heavy atom. The van der Waals surface area contributed by atoms with Crippen LogP contribution in [0.25, 0.3) is 0 Å². The Labute approximate surface area is 124 Å². The summed E-state index contributed by atoms with van der Waals surface area (Å²) in [6.45, 7) is 5.28. The van der Waals surface area contributed by atoms with Crippen molar-refractivity contribution >= 4 is 11.5 Å². The van der Waals surface area contributed by atoms with Crippen molar-refractivity contribution in [3.8, 4) is 0 Å². The second-order valence-corrected chi connectivity index (χ2v) is 5.86. The molecule has 1 atom stereocenters. The van der Waals surface area contributed by atoms with E-state index in [0.29, 0.717) is 24.7 Å². The van der Waals surface area contributed by atoms with Crippen LogP contribution in [0.1, 0.15) is 19.8 Å². The van der Waals surface area contributed by atoms with Gasteiger partial charge in [-0.05, 0) is 32.4 Å². The number of nitrogen functional groups attached to an aromatic ring is 1. The molecular formula is C14H25N5O2. The minimum Gasteiger partial charge on any atom is -0.383 e. The summed E-state index contributed by atoms with van der Waals surface area (Å²) < 4.78 is 2.58. The molecule has 21 heavy (non-hydrogen) atoms. The molecule has 0 radical (unpaired) electrons. The molecule has 2 heterocycles. The van der Waals surface area contributed by atoms with Gasteiger partial charge in [-0.3, -0.25) is 13.9 Å². The highest BCUT2D eigenvalue weighted by atomic mass is 16.2. The van der Waals surface area contributed by atoms with E-state index >= 15 is 0 Å². The smallest absolute Gasteiger partial charge is 0.332 e. The quantitative estimate of drug-likeness (QED) is 0.792. The van der Waals surface area contributed by atoms with Crippen molar-refractivity contribution in [1.29, 1.82) is 0 Å². The maximum absolute atomic E-state index is 12.2.